The van der Waals surface area contributed by atoms with E-state index in [2.05, 4.69) is 0 Å². The third-order valence-electron chi connectivity index (χ3n) is 4.67. The van der Waals surface area contributed by atoms with E-state index in [0.717, 1.165) is 12.8 Å². The largest absolute Gasteiger partial charge is 0.496 e. The fraction of sp³-hybridized carbons (Fsp3) is 0.529. The Morgan fingerprint density at radius 3 is 2.27 bits per heavy atom. The van der Waals surface area contributed by atoms with E-state index < -0.39 is 0 Å². The smallest absolute Gasteiger partial charge is 0.257 e. The van der Waals surface area contributed by atoms with E-state index in [4.69, 9.17) is 4.74 Å². The molecule has 1 aliphatic carbocycles. The Bertz CT molecular complexity index is 561. The molecular formula is C17H22N2O3. The van der Waals surface area contributed by atoms with Crippen molar-refractivity contribution in [3.05, 3.63) is 29.8 Å². The van der Waals surface area contributed by atoms with E-state index in [9.17, 15) is 9.59 Å². The Labute approximate surface area is 130 Å². The molecule has 5 heteroatoms. The predicted octanol–water partition coefficient (Wildman–Crippen LogP) is 1.78. The predicted molar refractivity (Wildman–Crippen MR) is 82.8 cm³/mol. The van der Waals surface area contributed by atoms with Gasteiger partial charge in [0.1, 0.15) is 5.75 Å². The van der Waals surface area contributed by atoms with Gasteiger partial charge in [0.25, 0.3) is 5.91 Å². The highest BCUT2D eigenvalue weighted by Gasteiger charge is 2.32. The normalized spacial score (nSPS) is 18.8. The van der Waals surface area contributed by atoms with Crippen molar-refractivity contribution in [3.8, 4) is 5.75 Å². The number of amides is 2. The van der Waals surface area contributed by atoms with Crippen molar-refractivity contribution >= 4 is 11.8 Å². The highest BCUT2D eigenvalue weighted by Crippen LogP contribution is 2.28. The summed E-state index contributed by atoms with van der Waals surface area (Å²) in [6.45, 7) is 2.46. The summed E-state index contributed by atoms with van der Waals surface area (Å²) in [6.07, 6.45) is 3.22. The molecule has 22 heavy (non-hydrogen) atoms. The van der Waals surface area contributed by atoms with Gasteiger partial charge in [0.2, 0.25) is 5.91 Å². The Balaban J connectivity index is 1.61. The minimum atomic E-state index is -0.0202. The van der Waals surface area contributed by atoms with Crippen LogP contribution in [0.25, 0.3) is 0 Å². The molecule has 2 amide bonds. The molecule has 0 atom stereocenters. The number of rotatable bonds is 3. The molecule has 2 aliphatic rings. The molecule has 1 heterocycles. The van der Waals surface area contributed by atoms with E-state index in [-0.39, 0.29) is 17.7 Å². The van der Waals surface area contributed by atoms with Gasteiger partial charge in [-0.2, -0.15) is 0 Å². The minimum Gasteiger partial charge on any atom is -0.496 e. The molecule has 1 saturated carbocycles. The Kier molecular flexibility index (Phi) is 4.32. The lowest BCUT2D eigenvalue weighted by atomic mass is 9.84. The van der Waals surface area contributed by atoms with Crippen LogP contribution >= 0.6 is 0 Å². The zero-order chi connectivity index (χ0) is 15.5. The van der Waals surface area contributed by atoms with Gasteiger partial charge in [-0.05, 0) is 25.0 Å². The van der Waals surface area contributed by atoms with Crippen molar-refractivity contribution in [1.82, 2.24) is 9.80 Å². The van der Waals surface area contributed by atoms with Crippen LogP contribution in [0.1, 0.15) is 29.6 Å². The third-order valence-corrected chi connectivity index (χ3v) is 4.67. The molecule has 2 fully saturated rings. The lowest BCUT2D eigenvalue weighted by Crippen LogP contribution is -2.52. The van der Waals surface area contributed by atoms with Gasteiger partial charge >= 0.3 is 0 Å². The average molecular weight is 302 g/mol. The number of ether oxygens (including phenoxy) is 1. The Morgan fingerprint density at radius 2 is 1.68 bits per heavy atom. The van der Waals surface area contributed by atoms with Gasteiger partial charge in [-0.1, -0.05) is 18.6 Å². The van der Waals surface area contributed by atoms with E-state index in [1.807, 2.05) is 21.9 Å². The number of carbonyl (C=O) groups is 2. The van der Waals surface area contributed by atoms with Gasteiger partial charge in [-0.3, -0.25) is 9.59 Å². The molecule has 3 rings (SSSR count). The highest BCUT2D eigenvalue weighted by molar-refractivity contribution is 5.97. The summed E-state index contributed by atoms with van der Waals surface area (Å²) in [6, 6.07) is 7.27. The molecule has 0 N–H and O–H groups in total. The van der Waals surface area contributed by atoms with Gasteiger partial charge in [0.15, 0.2) is 0 Å². The summed E-state index contributed by atoms with van der Waals surface area (Å²) in [5.41, 5.74) is 0.587. The fourth-order valence-corrected chi connectivity index (χ4v) is 3.03. The monoisotopic (exact) mass is 302 g/mol. The van der Waals surface area contributed by atoms with Crippen molar-refractivity contribution in [2.45, 2.75) is 19.3 Å². The van der Waals surface area contributed by atoms with Crippen LogP contribution in [-0.2, 0) is 4.79 Å². The number of benzene rings is 1. The van der Waals surface area contributed by atoms with Crippen LogP contribution in [0.5, 0.6) is 5.75 Å². The first kappa shape index (κ1) is 14.9. The number of hydrogen-bond donors (Lipinski definition) is 0. The maximum Gasteiger partial charge on any atom is 0.257 e. The molecule has 0 aromatic heterocycles. The van der Waals surface area contributed by atoms with Crippen LogP contribution in [0, 0.1) is 5.92 Å². The maximum atomic E-state index is 12.6. The first-order chi connectivity index (χ1) is 10.7. The fourth-order valence-electron chi connectivity index (χ4n) is 3.03. The summed E-state index contributed by atoms with van der Waals surface area (Å²) < 4.78 is 5.26. The van der Waals surface area contributed by atoms with E-state index in [1.54, 1.807) is 19.2 Å². The third kappa shape index (κ3) is 2.80. The quantitative estimate of drug-likeness (QED) is 0.855. The van der Waals surface area contributed by atoms with Crippen molar-refractivity contribution in [3.63, 3.8) is 0 Å². The molecule has 118 valence electrons. The van der Waals surface area contributed by atoms with Gasteiger partial charge in [0.05, 0.1) is 12.7 Å². The van der Waals surface area contributed by atoms with E-state index in [0.29, 0.717) is 37.5 Å². The number of carbonyl (C=O) groups excluding carboxylic acids is 2. The summed E-state index contributed by atoms with van der Waals surface area (Å²) in [5, 5.41) is 0. The molecule has 5 nitrogen and oxygen atoms in total. The lowest BCUT2D eigenvalue weighted by molar-refractivity contribution is -0.139. The van der Waals surface area contributed by atoms with E-state index >= 15 is 0 Å². The topological polar surface area (TPSA) is 49.9 Å². The van der Waals surface area contributed by atoms with Gasteiger partial charge in [0, 0.05) is 32.1 Å². The van der Waals surface area contributed by atoms with Crippen molar-refractivity contribution in [1.29, 1.82) is 0 Å². The van der Waals surface area contributed by atoms with Crippen LogP contribution in [0.2, 0.25) is 0 Å². The molecule has 0 bridgehead atoms. The van der Waals surface area contributed by atoms with Gasteiger partial charge in [-0.15, -0.1) is 0 Å². The second kappa shape index (κ2) is 6.38. The zero-order valence-corrected chi connectivity index (χ0v) is 13.0. The molecular weight excluding hydrogens is 280 g/mol. The second-order valence-electron chi connectivity index (χ2n) is 5.95. The van der Waals surface area contributed by atoms with Crippen LogP contribution < -0.4 is 4.74 Å². The summed E-state index contributed by atoms with van der Waals surface area (Å²) >= 11 is 0. The molecule has 0 spiro atoms. The molecule has 1 aromatic rings. The molecule has 0 radical (unpaired) electrons. The molecule has 1 saturated heterocycles. The first-order valence-electron chi connectivity index (χ1n) is 7.92. The standard InChI is InChI=1S/C17H22N2O3/c1-22-15-8-3-2-7-14(15)17(21)19-11-9-18(10-12-19)16(20)13-5-4-6-13/h2-3,7-8,13H,4-6,9-12H2,1H3. The number of piperazine rings is 1. The molecule has 0 unspecified atom stereocenters. The number of methoxy groups -OCH3 is 1. The van der Waals surface area contributed by atoms with Gasteiger partial charge in [-0.25, -0.2) is 0 Å². The average Bonchev–Trinajstić information content (AvgIpc) is 2.52. The maximum absolute atomic E-state index is 12.6. The zero-order valence-electron chi connectivity index (χ0n) is 13.0. The van der Waals surface area contributed by atoms with Crippen LogP contribution in [0.4, 0.5) is 0 Å². The second-order valence-corrected chi connectivity index (χ2v) is 5.95. The lowest BCUT2D eigenvalue weighted by Gasteiger charge is -2.38. The SMILES string of the molecule is COc1ccccc1C(=O)N1CCN(C(=O)C2CCC2)CC1. The first-order valence-corrected chi connectivity index (χ1v) is 7.92. The molecule has 1 aromatic carbocycles. The number of nitrogens with zero attached hydrogens (tertiary/aromatic N) is 2. The number of para-hydroxylation sites is 1. The Hall–Kier alpha value is -2.04. The Morgan fingerprint density at radius 1 is 1.05 bits per heavy atom. The van der Waals surface area contributed by atoms with Crippen LogP contribution in [0.15, 0.2) is 24.3 Å². The summed E-state index contributed by atoms with van der Waals surface area (Å²) in [7, 11) is 1.57. The van der Waals surface area contributed by atoms with Crippen molar-refractivity contribution in [2.24, 2.45) is 5.92 Å². The summed E-state index contributed by atoms with van der Waals surface area (Å²) in [5.74, 6) is 1.08. The highest BCUT2D eigenvalue weighted by atomic mass is 16.5. The van der Waals surface area contributed by atoms with Crippen molar-refractivity contribution in [2.75, 3.05) is 33.3 Å². The van der Waals surface area contributed by atoms with Crippen LogP contribution in [0.3, 0.4) is 0 Å². The minimum absolute atomic E-state index is 0.0202. The number of hydrogen-bond acceptors (Lipinski definition) is 3. The summed E-state index contributed by atoms with van der Waals surface area (Å²) in [4.78, 5) is 28.5. The van der Waals surface area contributed by atoms with Crippen molar-refractivity contribution < 1.29 is 14.3 Å². The van der Waals surface area contributed by atoms with Gasteiger partial charge < -0.3 is 14.5 Å². The molecule has 1 aliphatic heterocycles. The van der Waals surface area contributed by atoms with E-state index in [1.165, 1.54) is 6.42 Å². The van der Waals surface area contributed by atoms with Crippen LogP contribution in [-0.4, -0.2) is 54.9 Å².